The normalized spacial score (nSPS) is 20.5. The number of nitrogens with zero attached hydrogens (tertiary/aromatic N) is 2. The summed E-state index contributed by atoms with van der Waals surface area (Å²) in [6.45, 7) is 3.31. The maximum atomic E-state index is 13.2. The number of piperidine rings is 2. The molecule has 2 aliphatic heterocycles. The third kappa shape index (κ3) is 6.34. The third-order valence-electron chi connectivity index (χ3n) is 7.41. The van der Waals surface area contributed by atoms with Gasteiger partial charge in [0.1, 0.15) is 12.4 Å². The molecular weight excluding hydrogens is 477 g/mol. The van der Waals surface area contributed by atoms with Gasteiger partial charge in [-0.3, -0.25) is 9.69 Å². The quantitative estimate of drug-likeness (QED) is 0.376. The van der Waals surface area contributed by atoms with Crippen molar-refractivity contribution < 1.29 is 22.7 Å². The average Bonchev–Trinajstić information content (AvgIpc) is 2.90. The van der Waals surface area contributed by atoms with E-state index in [1.165, 1.54) is 17.7 Å². The van der Waals surface area contributed by atoms with Crippen molar-refractivity contribution in [2.24, 2.45) is 5.92 Å². The van der Waals surface area contributed by atoms with Gasteiger partial charge in [-0.25, -0.2) is 0 Å². The summed E-state index contributed by atoms with van der Waals surface area (Å²) < 4.78 is 45.3. The second-order valence-corrected chi connectivity index (χ2v) is 10.0. The number of carbonyl (C=O) groups excluding carboxylic acids is 1. The van der Waals surface area contributed by atoms with Gasteiger partial charge in [-0.15, -0.1) is 0 Å². The zero-order chi connectivity index (χ0) is 25.8. The summed E-state index contributed by atoms with van der Waals surface area (Å²) in [6.07, 6.45) is -2.29. The molecule has 2 saturated heterocycles. The van der Waals surface area contributed by atoms with Crippen molar-refractivity contribution in [3.05, 3.63) is 101 Å². The van der Waals surface area contributed by atoms with Gasteiger partial charge >= 0.3 is 6.18 Å². The first-order chi connectivity index (χ1) is 17.8. The highest BCUT2D eigenvalue weighted by Gasteiger charge is 2.39. The van der Waals surface area contributed by atoms with E-state index in [0.29, 0.717) is 24.5 Å². The van der Waals surface area contributed by atoms with Gasteiger partial charge in [0, 0.05) is 38.6 Å². The van der Waals surface area contributed by atoms with E-state index in [2.05, 4.69) is 17.0 Å². The van der Waals surface area contributed by atoms with Crippen LogP contribution in [0.3, 0.4) is 0 Å². The summed E-state index contributed by atoms with van der Waals surface area (Å²) in [5.74, 6) is 1.20. The molecule has 0 N–H and O–H groups in total. The van der Waals surface area contributed by atoms with Crippen LogP contribution < -0.4 is 4.74 Å². The van der Waals surface area contributed by atoms with E-state index in [1.807, 2.05) is 47.4 Å². The lowest BCUT2D eigenvalue weighted by atomic mass is 9.83. The topological polar surface area (TPSA) is 32.8 Å². The Morgan fingerprint density at radius 3 is 2.35 bits per heavy atom. The molecule has 0 bridgehead atoms. The molecule has 4 nitrogen and oxygen atoms in total. The smallest absolute Gasteiger partial charge is 0.416 e. The summed E-state index contributed by atoms with van der Waals surface area (Å²) >= 11 is 0. The first-order valence-corrected chi connectivity index (χ1v) is 12.8. The van der Waals surface area contributed by atoms with E-state index in [0.717, 1.165) is 49.9 Å². The Hall–Kier alpha value is -3.32. The summed E-state index contributed by atoms with van der Waals surface area (Å²) in [5, 5.41) is 0. The van der Waals surface area contributed by atoms with Crippen LogP contribution in [0.1, 0.15) is 41.5 Å². The minimum atomic E-state index is -4.39. The van der Waals surface area contributed by atoms with Crippen LogP contribution in [0.2, 0.25) is 0 Å². The van der Waals surface area contributed by atoms with Crippen molar-refractivity contribution in [2.75, 3.05) is 13.1 Å². The molecule has 0 aromatic heterocycles. The van der Waals surface area contributed by atoms with Crippen molar-refractivity contribution in [1.29, 1.82) is 0 Å². The van der Waals surface area contributed by atoms with E-state index in [1.54, 1.807) is 6.07 Å². The number of alkyl halides is 3. The van der Waals surface area contributed by atoms with E-state index in [4.69, 9.17) is 4.74 Å². The molecule has 0 unspecified atom stereocenters. The molecule has 2 atom stereocenters. The molecule has 2 heterocycles. The maximum absolute atomic E-state index is 13.2. The first-order valence-electron chi connectivity index (χ1n) is 12.8. The molecule has 3 aromatic carbocycles. The lowest BCUT2D eigenvalue weighted by Gasteiger charge is -2.47. The van der Waals surface area contributed by atoms with Gasteiger partial charge in [0.15, 0.2) is 0 Å². The molecule has 0 spiro atoms. The summed E-state index contributed by atoms with van der Waals surface area (Å²) in [5.41, 5.74) is 2.19. The Labute approximate surface area is 215 Å². The number of halogens is 3. The summed E-state index contributed by atoms with van der Waals surface area (Å²) in [4.78, 5) is 17.0. The van der Waals surface area contributed by atoms with Crippen LogP contribution in [0.4, 0.5) is 13.2 Å². The Kier molecular flexibility index (Phi) is 7.51. The number of likely N-dealkylation sites (tertiary alicyclic amines) is 2. The number of hydrogen-bond acceptors (Lipinski definition) is 3. The predicted octanol–water partition coefficient (Wildman–Crippen LogP) is 6.30. The minimum absolute atomic E-state index is 0.0400. The van der Waals surface area contributed by atoms with Crippen molar-refractivity contribution in [3.63, 3.8) is 0 Å². The highest BCUT2D eigenvalue weighted by Crippen LogP contribution is 2.34. The Morgan fingerprint density at radius 1 is 0.838 bits per heavy atom. The number of amides is 1. The zero-order valence-electron chi connectivity index (χ0n) is 20.7. The van der Waals surface area contributed by atoms with Crippen LogP contribution in [0.5, 0.6) is 5.75 Å². The predicted molar refractivity (Wildman–Crippen MR) is 136 cm³/mol. The maximum Gasteiger partial charge on any atom is 0.416 e. The molecule has 5 rings (SSSR count). The van der Waals surface area contributed by atoms with Crippen LogP contribution >= 0.6 is 0 Å². The third-order valence-corrected chi connectivity index (χ3v) is 7.41. The van der Waals surface area contributed by atoms with Gasteiger partial charge in [0.05, 0.1) is 5.56 Å². The molecule has 0 radical (unpaired) electrons. The molecule has 7 heteroatoms. The van der Waals surface area contributed by atoms with Gasteiger partial charge in [-0.1, -0.05) is 54.6 Å². The monoisotopic (exact) mass is 508 g/mol. The lowest BCUT2D eigenvalue weighted by Crippen LogP contribution is -2.55. The standard InChI is InChI=1S/C30H31F3N2O2/c31-30(32,33)26-8-4-7-24(17-26)19-35-28-15-16-34(20-25(28)11-14-29(35)36)18-22-9-12-27(13-10-22)37-21-23-5-2-1-3-6-23/h1-10,12-13,17,25,28H,11,14-16,18-21H2/t25-,28+/m1/s1. The highest BCUT2D eigenvalue weighted by atomic mass is 19.4. The molecule has 194 valence electrons. The van der Waals surface area contributed by atoms with Gasteiger partial charge in [0.25, 0.3) is 0 Å². The van der Waals surface area contributed by atoms with E-state index in [9.17, 15) is 18.0 Å². The Morgan fingerprint density at radius 2 is 1.59 bits per heavy atom. The van der Waals surface area contributed by atoms with Gasteiger partial charge in [0.2, 0.25) is 5.91 Å². The molecule has 1 amide bonds. The number of fused-ring (bicyclic) bond motifs is 1. The molecule has 0 aliphatic carbocycles. The molecule has 3 aromatic rings. The summed E-state index contributed by atoms with van der Waals surface area (Å²) in [6, 6.07) is 23.7. The SMILES string of the molecule is O=C1CC[C@@H]2CN(Cc3ccc(OCc4ccccc4)cc3)CC[C@@H]2N1Cc1cccc(C(F)(F)F)c1. The van der Waals surface area contributed by atoms with Crippen LogP contribution in [-0.4, -0.2) is 34.8 Å². The van der Waals surface area contributed by atoms with Crippen LogP contribution in [-0.2, 0) is 30.7 Å². The van der Waals surface area contributed by atoms with Gasteiger partial charge in [-0.05, 0) is 59.7 Å². The largest absolute Gasteiger partial charge is 0.489 e. The Bertz CT molecular complexity index is 1200. The molecule has 0 saturated carbocycles. The van der Waals surface area contributed by atoms with E-state index < -0.39 is 11.7 Å². The number of rotatable bonds is 7. The van der Waals surface area contributed by atoms with Crippen LogP contribution in [0.25, 0.3) is 0 Å². The fourth-order valence-corrected chi connectivity index (χ4v) is 5.51. The Balaban J connectivity index is 1.17. The van der Waals surface area contributed by atoms with Crippen LogP contribution in [0.15, 0.2) is 78.9 Å². The van der Waals surface area contributed by atoms with Crippen LogP contribution in [0, 0.1) is 5.92 Å². The van der Waals surface area contributed by atoms with E-state index >= 15 is 0 Å². The fourth-order valence-electron chi connectivity index (χ4n) is 5.51. The molecule has 37 heavy (non-hydrogen) atoms. The van der Waals surface area contributed by atoms with Crippen molar-refractivity contribution >= 4 is 5.91 Å². The molecule has 2 fully saturated rings. The zero-order valence-corrected chi connectivity index (χ0v) is 20.7. The minimum Gasteiger partial charge on any atom is -0.489 e. The number of hydrogen-bond donors (Lipinski definition) is 0. The second kappa shape index (κ2) is 11.0. The number of ether oxygens (including phenoxy) is 1. The number of benzene rings is 3. The van der Waals surface area contributed by atoms with E-state index in [-0.39, 0.29) is 18.5 Å². The van der Waals surface area contributed by atoms with Gasteiger partial charge < -0.3 is 9.64 Å². The fraction of sp³-hybridized carbons (Fsp3) is 0.367. The van der Waals surface area contributed by atoms with Gasteiger partial charge in [-0.2, -0.15) is 13.2 Å². The summed E-state index contributed by atoms with van der Waals surface area (Å²) in [7, 11) is 0. The highest BCUT2D eigenvalue weighted by molar-refractivity contribution is 5.77. The van der Waals surface area contributed by atoms with Crippen molar-refractivity contribution in [2.45, 2.75) is 51.2 Å². The molecular formula is C30H31F3N2O2. The number of carbonyl (C=O) groups is 1. The first kappa shape index (κ1) is 25.3. The molecule has 2 aliphatic rings. The second-order valence-electron chi connectivity index (χ2n) is 10.0. The van der Waals surface area contributed by atoms with Crippen molar-refractivity contribution in [1.82, 2.24) is 9.80 Å². The van der Waals surface area contributed by atoms with Crippen molar-refractivity contribution in [3.8, 4) is 5.75 Å². The average molecular weight is 509 g/mol. The lowest BCUT2D eigenvalue weighted by molar-refractivity contribution is -0.142.